The van der Waals surface area contributed by atoms with Crippen LogP contribution < -0.4 is 0 Å². The summed E-state index contributed by atoms with van der Waals surface area (Å²) in [6.45, 7) is 0. The lowest BCUT2D eigenvalue weighted by molar-refractivity contribution is -0.128. The predicted molar refractivity (Wildman–Crippen MR) is 92.8 cm³/mol. The van der Waals surface area contributed by atoms with Gasteiger partial charge in [0.05, 0.1) is 5.92 Å². The number of allylic oxidation sites excluding steroid dienone is 2. The van der Waals surface area contributed by atoms with Crippen LogP contribution in [0.15, 0.2) is 72.4 Å². The van der Waals surface area contributed by atoms with Crippen LogP contribution >= 0.6 is 0 Å². The highest BCUT2D eigenvalue weighted by atomic mass is 16.2. The molecule has 0 aromatic heterocycles. The van der Waals surface area contributed by atoms with E-state index in [4.69, 9.17) is 0 Å². The van der Waals surface area contributed by atoms with Crippen molar-refractivity contribution in [3.63, 3.8) is 0 Å². The van der Waals surface area contributed by atoms with E-state index in [1.54, 1.807) is 4.90 Å². The van der Waals surface area contributed by atoms with Crippen molar-refractivity contribution in [3.8, 4) is 0 Å². The molecule has 0 saturated heterocycles. The average Bonchev–Trinajstić information content (AvgIpc) is 2.73. The number of carbonyl (C=O) groups excluding carboxylic acids is 1. The van der Waals surface area contributed by atoms with Gasteiger partial charge < -0.3 is 4.90 Å². The van der Waals surface area contributed by atoms with Gasteiger partial charge in [-0.3, -0.25) is 4.79 Å². The number of rotatable bonds is 1. The van der Waals surface area contributed by atoms with Gasteiger partial charge in [0, 0.05) is 13.2 Å². The van der Waals surface area contributed by atoms with Crippen molar-refractivity contribution in [3.05, 3.63) is 89.1 Å². The van der Waals surface area contributed by atoms with Crippen LogP contribution in [-0.2, 0) is 11.2 Å². The van der Waals surface area contributed by atoms with Crippen molar-refractivity contribution in [2.75, 3.05) is 7.05 Å². The molecule has 0 fully saturated rings. The fourth-order valence-corrected chi connectivity index (χ4v) is 3.56. The molecule has 0 radical (unpaired) electrons. The van der Waals surface area contributed by atoms with Crippen LogP contribution in [0, 0.1) is 0 Å². The van der Waals surface area contributed by atoms with Crippen LogP contribution in [0.2, 0.25) is 0 Å². The maximum Gasteiger partial charge on any atom is 0.237 e. The van der Waals surface area contributed by atoms with Gasteiger partial charge >= 0.3 is 0 Å². The van der Waals surface area contributed by atoms with Gasteiger partial charge in [-0.2, -0.15) is 0 Å². The van der Waals surface area contributed by atoms with Gasteiger partial charge in [-0.15, -0.1) is 0 Å². The highest BCUT2D eigenvalue weighted by Gasteiger charge is 2.28. The lowest BCUT2D eigenvalue weighted by atomic mass is 9.82. The summed E-state index contributed by atoms with van der Waals surface area (Å²) in [6.07, 6.45) is 6.21. The Morgan fingerprint density at radius 2 is 1.70 bits per heavy atom. The average molecular weight is 301 g/mol. The highest BCUT2D eigenvalue weighted by Crippen LogP contribution is 2.39. The summed E-state index contributed by atoms with van der Waals surface area (Å²) in [5.41, 5.74) is 6.18. The van der Waals surface area contributed by atoms with Crippen molar-refractivity contribution in [1.29, 1.82) is 0 Å². The molecule has 1 aliphatic heterocycles. The van der Waals surface area contributed by atoms with Gasteiger partial charge in [0.25, 0.3) is 0 Å². The van der Waals surface area contributed by atoms with Crippen molar-refractivity contribution in [2.24, 2.45) is 0 Å². The van der Waals surface area contributed by atoms with Crippen LogP contribution in [0.1, 0.15) is 29.0 Å². The Morgan fingerprint density at radius 3 is 2.52 bits per heavy atom. The number of likely N-dealkylation sites (N-methyl/N-ethyl adjacent to an activating group) is 1. The molecule has 2 heteroatoms. The molecular formula is C21H19NO. The van der Waals surface area contributed by atoms with E-state index in [9.17, 15) is 4.79 Å². The van der Waals surface area contributed by atoms with Gasteiger partial charge in [-0.25, -0.2) is 0 Å². The summed E-state index contributed by atoms with van der Waals surface area (Å²) in [7, 11) is 1.86. The molecule has 0 spiro atoms. The number of carbonyl (C=O) groups is 1. The van der Waals surface area contributed by atoms with Gasteiger partial charge in [0.15, 0.2) is 0 Å². The van der Waals surface area contributed by atoms with Crippen LogP contribution in [0.4, 0.5) is 0 Å². The molecular weight excluding hydrogens is 282 g/mol. The maximum absolute atomic E-state index is 12.8. The lowest BCUT2D eigenvalue weighted by Gasteiger charge is -2.22. The van der Waals surface area contributed by atoms with Crippen LogP contribution in [0.5, 0.6) is 0 Å². The van der Waals surface area contributed by atoms with E-state index < -0.39 is 0 Å². The first kappa shape index (κ1) is 14.0. The van der Waals surface area contributed by atoms with Gasteiger partial charge in [0.2, 0.25) is 5.91 Å². The number of hydrogen-bond acceptors (Lipinski definition) is 1. The van der Waals surface area contributed by atoms with E-state index in [-0.39, 0.29) is 11.8 Å². The molecule has 1 amide bonds. The van der Waals surface area contributed by atoms with E-state index in [2.05, 4.69) is 30.3 Å². The van der Waals surface area contributed by atoms with Crippen LogP contribution in [0.3, 0.4) is 0 Å². The van der Waals surface area contributed by atoms with E-state index in [0.29, 0.717) is 0 Å². The molecule has 2 nitrogen and oxygen atoms in total. The molecule has 114 valence electrons. The summed E-state index contributed by atoms with van der Waals surface area (Å²) >= 11 is 0. The second-order valence-corrected chi connectivity index (χ2v) is 6.23. The molecule has 0 N–H and O–H groups in total. The van der Waals surface area contributed by atoms with E-state index in [0.717, 1.165) is 18.4 Å². The first-order chi connectivity index (χ1) is 11.2. The third-order valence-corrected chi connectivity index (χ3v) is 4.77. The summed E-state index contributed by atoms with van der Waals surface area (Å²) < 4.78 is 0. The number of hydrogen-bond donors (Lipinski definition) is 0. The third-order valence-electron chi connectivity index (χ3n) is 4.77. The van der Waals surface area contributed by atoms with Crippen molar-refractivity contribution in [2.45, 2.75) is 18.8 Å². The topological polar surface area (TPSA) is 20.3 Å². The van der Waals surface area contributed by atoms with Crippen LogP contribution in [-0.4, -0.2) is 17.9 Å². The SMILES string of the molecule is CN1C=C2CCc3ccccc3C2=CC(c2ccccc2)C1=O. The van der Waals surface area contributed by atoms with Gasteiger partial charge in [-0.1, -0.05) is 60.7 Å². The molecule has 0 bridgehead atoms. The van der Waals surface area contributed by atoms with Crippen molar-refractivity contribution < 1.29 is 4.79 Å². The summed E-state index contributed by atoms with van der Waals surface area (Å²) in [5.74, 6) is -0.0980. The summed E-state index contributed by atoms with van der Waals surface area (Å²) in [6, 6.07) is 18.6. The fourth-order valence-electron chi connectivity index (χ4n) is 3.56. The Bertz CT molecular complexity index is 817. The second kappa shape index (κ2) is 5.54. The van der Waals surface area contributed by atoms with E-state index >= 15 is 0 Å². The van der Waals surface area contributed by atoms with Crippen molar-refractivity contribution >= 4 is 11.5 Å². The first-order valence-corrected chi connectivity index (χ1v) is 8.07. The highest BCUT2D eigenvalue weighted by molar-refractivity contribution is 5.94. The fraction of sp³-hybridized carbons (Fsp3) is 0.190. The minimum Gasteiger partial charge on any atom is -0.321 e. The zero-order valence-corrected chi connectivity index (χ0v) is 13.2. The monoisotopic (exact) mass is 301 g/mol. The second-order valence-electron chi connectivity index (χ2n) is 6.23. The van der Waals surface area contributed by atoms with E-state index in [1.165, 1.54) is 22.3 Å². The number of nitrogens with zero attached hydrogens (tertiary/aromatic N) is 1. The predicted octanol–water partition coefficient (Wildman–Crippen LogP) is 4.16. The molecule has 0 saturated carbocycles. The number of amides is 1. The van der Waals surface area contributed by atoms with Gasteiger partial charge in [0.1, 0.15) is 0 Å². The molecule has 2 aliphatic rings. The minimum atomic E-state index is -0.226. The molecule has 1 aliphatic carbocycles. The van der Waals surface area contributed by atoms with Gasteiger partial charge in [-0.05, 0) is 40.7 Å². The molecule has 4 rings (SSSR count). The largest absolute Gasteiger partial charge is 0.321 e. The number of benzene rings is 2. The van der Waals surface area contributed by atoms with Crippen molar-refractivity contribution in [1.82, 2.24) is 4.90 Å². The standard InChI is InChI=1S/C21H19NO/c1-22-14-17-12-11-16-9-5-6-10-18(16)19(17)13-20(21(22)23)15-7-3-2-4-8-15/h2-10,13-14,20H,11-12H2,1H3. The Hall–Kier alpha value is -2.61. The molecule has 23 heavy (non-hydrogen) atoms. The lowest BCUT2D eigenvalue weighted by Crippen LogP contribution is -2.25. The zero-order valence-electron chi connectivity index (χ0n) is 13.2. The minimum absolute atomic E-state index is 0.128. The molecule has 1 atom stereocenters. The normalized spacial score (nSPS) is 20.1. The Labute approximate surface area is 136 Å². The Balaban J connectivity index is 1.90. The maximum atomic E-state index is 12.8. The third kappa shape index (κ3) is 2.40. The zero-order chi connectivity index (χ0) is 15.8. The molecule has 1 unspecified atom stereocenters. The number of aryl methyl sites for hydroxylation is 1. The Morgan fingerprint density at radius 1 is 0.957 bits per heavy atom. The first-order valence-electron chi connectivity index (χ1n) is 8.07. The van der Waals surface area contributed by atoms with E-state index in [1.807, 2.05) is 43.6 Å². The quantitative estimate of drug-likeness (QED) is 0.774. The smallest absolute Gasteiger partial charge is 0.237 e. The Kier molecular flexibility index (Phi) is 3.38. The molecule has 2 aromatic carbocycles. The molecule has 1 heterocycles. The molecule has 2 aromatic rings. The number of fused-ring (bicyclic) bond motifs is 3. The van der Waals surface area contributed by atoms with Crippen LogP contribution in [0.25, 0.3) is 5.57 Å². The summed E-state index contributed by atoms with van der Waals surface area (Å²) in [4.78, 5) is 14.6. The summed E-state index contributed by atoms with van der Waals surface area (Å²) in [5, 5.41) is 0.